The lowest BCUT2D eigenvalue weighted by Crippen LogP contribution is -1.98. The average Bonchev–Trinajstić information content (AvgIpc) is 2.44. The minimum absolute atomic E-state index is 0.270. The number of hydrogen-bond acceptors (Lipinski definition) is 2. The molecule has 0 bridgehead atoms. The molecule has 0 radical (unpaired) electrons. The van der Waals surface area contributed by atoms with Crippen molar-refractivity contribution in [1.29, 1.82) is 0 Å². The van der Waals surface area contributed by atoms with Gasteiger partial charge in [-0.1, -0.05) is 36.4 Å². The highest BCUT2D eigenvalue weighted by Gasteiger charge is 2.12. The van der Waals surface area contributed by atoms with Crippen LogP contribution in [0.1, 0.15) is 16.7 Å². The van der Waals surface area contributed by atoms with Crippen LogP contribution in [-0.2, 0) is 0 Å². The minimum Gasteiger partial charge on any atom is -0.313 e. The van der Waals surface area contributed by atoms with E-state index >= 15 is 0 Å². The van der Waals surface area contributed by atoms with Crippen LogP contribution < -0.4 is 5.43 Å². The Bertz CT molecular complexity index is 688. The van der Waals surface area contributed by atoms with Crippen LogP contribution in [0.15, 0.2) is 42.0 Å². The van der Waals surface area contributed by atoms with Crippen molar-refractivity contribution in [3.63, 3.8) is 0 Å². The maximum absolute atomic E-state index is 14.1. The molecule has 2 aromatic carbocycles. The van der Waals surface area contributed by atoms with Crippen molar-refractivity contribution in [2.24, 2.45) is 5.10 Å². The lowest BCUT2D eigenvalue weighted by atomic mass is 9.96. The molecule has 0 fully saturated rings. The molecule has 21 heavy (non-hydrogen) atoms. The monoisotopic (exact) mass is 302 g/mol. The molecule has 0 aliphatic heterocycles. The van der Waals surface area contributed by atoms with Crippen LogP contribution in [0.2, 0.25) is 5.02 Å². The van der Waals surface area contributed by atoms with Crippen LogP contribution in [0.5, 0.6) is 0 Å². The van der Waals surface area contributed by atoms with E-state index in [2.05, 4.69) is 17.1 Å². The third-order valence-electron chi connectivity index (χ3n) is 3.21. The number of rotatable bonds is 4. The average molecular weight is 303 g/mol. The molecule has 0 aliphatic rings. The van der Waals surface area contributed by atoms with Crippen LogP contribution >= 0.6 is 11.6 Å². The summed E-state index contributed by atoms with van der Waals surface area (Å²) in [7, 11) is 1.70. The number of hydrazone groups is 1. The summed E-state index contributed by atoms with van der Waals surface area (Å²) >= 11 is 6.29. The van der Waals surface area contributed by atoms with E-state index in [-0.39, 0.29) is 5.82 Å². The van der Waals surface area contributed by atoms with E-state index in [1.807, 2.05) is 19.1 Å². The molecule has 2 aromatic rings. The van der Waals surface area contributed by atoms with Gasteiger partial charge in [0, 0.05) is 28.8 Å². The Labute approximate surface area is 129 Å². The molecule has 4 heteroatoms. The molecule has 0 heterocycles. The lowest BCUT2D eigenvalue weighted by molar-refractivity contribution is 0.630. The molecular formula is C17H16ClFN2. The molecule has 0 spiro atoms. The van der Waals surface area contributed by atoms with E-state index in [0.717, 1.165) is 22.3 Å². The molecule has 0 saturated heterocycles. The number of nitrogens with one attached hydrogen (secondary N) is 1. The molecule has 0 atom stereocenters. The van der Waals surface area contributed by atoms with Gasteiger partial charge in [0.15, 0.2) is 0 Å². The predicted octanol–water partition coefficient (Wildman–Crippen LogP) is 4.65. The molecule has 108 valence electrons. The van der Waals surface area contributed by atoms with Gasteiger partial charge in [-0.3, -0.25) is 0 Å². The van der Waals surface area contributed by atoms with Gasteiger partial charge in [0.25, 0.3) is 0 Å². The summed E-state index contributed by atoms with van der Waals surface area (Å²) in [6.45, 7) is 5.63. The quantitative estimate of drug-likeness (QED) is 0.645. The number of aryl methyl sites for hydroxylation is 1. The fourth-order valence-electron chi connectivity index (χ4n) is 2.24. The van der Waals surface area contributed by atoms with Gasteiger partial charge >= 0.3 is 0 Å². The molecule has 0 unspecified atom stereocenters. The van der Waals surface area contributed by atoms with Crippen molar-refractivity contribution in [2.45, 2.75) is 6.92 Å². The highest BCUT2D eigenvalue weighted by molar-refractivity contribution is 6.33. The number of hydrogen-bond donors (Lipinski definition) is 1. The zero-order valence-corrected chi connectivity index (χ0v) is 12.7. The van der Waals surface area contributed by atoms with Gasteiger partial charge in [0.05, 0.1) is 6.21 Å². The summed E-state index contributed by atoms with van der Waals surface area (Å²) in [5.41, 5.74) is 6.37. The highest BCUT2D eigenvalue weighted by atomic mass is 35.5. The maximum Gasteiger partial charge on any atom is 0.131 e. The second kappa shape index (κ2) is 6.55. The van der Waals surface area contributed by atoms with E-state index in [4.69, 9.17) is 11.6 Å². The standard InChI is InChI=1S/C17H16ClFN2/c1-4-14-13(10-21-20-3)8-12(9-15(14)18)17-11(2)6-5-7-16(17)19/h4-10,20H,1H2,2-3H3/b21-10-. The van der Waals surface area contributed by atoms with Gasteiger partial charge in [0.1, 0.15) is 5.82 Å². The van der Waals surface area contributed by atoms with Gasteiger partial charge in [-0.25, -0.2) is 4.39 Å². The third kappa shape index (κ3) is 3.14. The Morgan fingerprint density at radius 3 is 2.71 bits per heavy atom. The molecule has 2 rings (SSSR count). The summed E-state index contributed by atoms with van der Waals surface area (Å²) in [4.78, 5) is 0. The van der Waals surface area contributed by atoms with Crippen LogP contribution in [0.25, 0.3) is 17.2 Å². The molecule has 1 N–H and O–H groups in total. The van der Waals surface area contributed by atoms with Gasteiger partial charge in [-0.15, -0.1) is 0 Å². The summed E-state index contributed by atoms with van der Waals surface area (Å²) in [5.74, 6) is -0.270. The highest BCUT2D eigenvalue weighted by Crippen LogP contribution is 2.32. The molecular weight excluding hydrogens is 287 g/mol. The Hall–Kier alpha value is -2.13. The van der Waals surface area contributed by atoms with E-state index in [9.17, 15) is 4.39 Å². The third-order valence-corrected chi connectivity index (χ3v) is 3.52. The first-order valence-corrected chi connectivity index (χ1v) is 6.87. The Morgan fingerprint density at radius 1 is 1.33 bits per heavy atom. The normalized spacial score (nSPS) is 10.9. The SMILES string of the molecule is C=Cc1c(Cl)cc(-c2c(C)cccc2F)cc1/C=N\NC. The Morgan fingerprint density at radius 2 is 2.10 bits per heavy atom. The minimum atomic E-state index is -0.270. The summed E-state index contributed by atoms with van der Waals surface area (Å²) < 4.78 is 14.1. The second-order valence-electron chi connectivity index (χ2n) is 4.58. The van der Waals surface area contributed by atoms with E-state index < -0.39 is 0 Å². The van der Waals surface area contributed by atoms with Crippen molar-refractivity contribution in [2.75, 3.05) is 7.05 Å². The first kappa shape index (κ1) is 15.3. The Balaban J connectivity index is 2.68. The Kier molecular flexibility index (Phi) is 4.76. The van der Waals surface area contributed by atoms with Crippen LogP contribution in [0, 0.1) is 12.7 Å². The topological polar surface area (TPSA) is 24.4 Å². The molecule has 2 nitrogen and oxygen atoms in total. The first-order valence-electron chi connectivity index (χ1n) is 6.49. The van der Waals surface area contributed by atoms with E-state index in [1.54, 1.807) is 31.5 Å². The fraction of sp³-hybridized carbons (Fsp3) is 0.118. The fourth-order valence-corrected chi connectivity index (χ4v) is 2.54. The van der Waals surface area contributed by atoms with Crippen LogP contribution in [0.4, 0.5) is 4.39 Å². The molecule has 0 aromatic heterocycles. The van der Waals surface area contributed by atoms with Crippen molar-refractivity contribution in [1.82, 2.24) is 5.43 Å². The molecule has 0 aliphatic carbocycles. The van der Waals surface area contributed by atoms with Gasteiger partial charge in [-0.2, -0.15) is 5.10 Å². The number of halogens is 2. The smallest absolute Gasteiger partial charge is 0.131 e. The van der Waals surface area contributed by atoms with Crippen molar-refractivity contribution < 1.29 is 4.39 Å². The largest absolute Gasteiger partial charge is 0.313 e. The number of nitrogens with zero attached hydrogens (tertiary/aromatic N) is 1. The van der Waals surface area contributed by atoms with Gasteiger partial charge < -0.3 is 5.43 Å². The van der Waals surface area contributed by atoms with Crippen molar-refractivity contribution in [3.05, 3.63) is 64.4 Å². The van der Waals surface area contributed by atoms with Gasteiger partial charge in [0.2, 0.25) is 0 Å². The predicted molar refractivity (Wildman–Crippen MR) is 88.3 cm³/mol. The van der Waals surface area contributed by atoms with Crippen molar-refractivity contribution in [3.8, 4) is 11.1 Å². The maximum atomic E-state index is 14.1. The van der Waals surface area contributed by atoms with Gasteiger partial charge in [-0.05, 0) is 36.2 Å². The van der Waals surface area contributed by atoms with Crippen molar-refractivity contribution >= 4 is 23.9 Å². The molecule has 0 amide bonds. The zero-order chi connectivity index (χ0) is 15.4. The molecule has 0 saturated carbocycles. The van der Waals surface area contributed by atoms with E-state index in [1.165, 1.54) is 6.07 Å². The summed E-state index contributed by atoms with van der Waals surface area (Å²) in [6, 6.07) is 8.61. The lowest BCUT2D eigenvalue weighted by Gasteiger charge is -2.11. The summed E-state index contributed by atoms with van der Waals surface area (Å²) in [6.07, 6.45) is 3.31. The second-order valence-corrected chi connectivity index (χ2v) is 4.99. The summed E-state index contributed by atoms with van der Waals surface area (Å²) in [5, 5.41) is 4.51. The zero-order valence-electron chi connectivity index (χ0n) is 12.0. The first-order chi connectivity index (χ1) is 10.1. The van der Waals surface area contributed by atoms with Crippen LogP contribution in [0.3, 0.4) is 0 Å². The van der Waals surface area contributed by atoms with Crippen LogP contribution in [-0.4, -0.2) is 13.3 Å². The number of benzene rings is 2. The van der Waals surface area contributed by atoms with E-state index in [0.29, 0.717) is 10.6 Å².